The maximum atomic E-state index is 5.97. The van der Waals surface area contributed by atoms with E-state index in [0.29, 0.717) is 0 Å². The van der Waals surface area contributed by atoms with E-state index < -0.39 is 0 Å². The number of benzene rings is 1. The number of para-hydroxylation sites is 2. The summed E-state index contributed by atoms with van der Waals surface area (Å²) < 4.78 is 1.96. The molecule has 2 heterocycles. The van der Waals surface area contributed by atoms with Crippen molar-refractivity contribution in [3.8, 4) is 5.69 Å². The summed E-state index contributed by atoms with van der Waals surface area (Å²) >= 11 is 0. The number of hydrogen-bond donors (Lipinski definition) is 2. The molecule has 0 saturated carbocycles. The number of rotatable bonds is 1. The number of fused-ring (bicyclic) bond motifs is 1. The summed E-state index contributed by atoms with van der Waals surface area (Å²) in [6.07, 6.45) is 2.93. The van der Waals surface area contributed by atoms with Gasteiger partial charge in [-0.2, -0.15) is 5.10 Å². The van der Waals surface area contributed by atoms with Crippen LogP contribution in [0.1, 0.15) is 11.3 Å². The Hall–Kier alpha value is -1.81. The van der Waals surface area contributed by atoms with E-state index in [0.717, 1.165) is 30.9 Å². The number of aromatic nitrogens is 2. The van der Waals surface area contributed by atoms with E-state index in [2.05, 4.69) is 10.4 Å². The van der Waals surface area contributed by atoms with Crippen molar-refractivity contribution in [2.45, 2.75) is 13.0 Å². The smallest absolute Gasteiger partial charge is 0.0878 e. The fourth-order valence-corrected chi connectivity index (χ4v) is 2.14. The molecule has 1 aromatic heterocycles. The molecule has 4 heteroatoms. The van der Waals surface area contributed by atoms with Crippen LogP contribution >= 0.6 is 0 Å². The average molecular weight is 214 g/mol. The van der Waals surface area contributed by atoms with Gasteiger partial charge in [-0.3, -0.25) is 0 Å². The molecular weight excluding hydrogens is 200 g/mol. The average Bonchev–Trinajstić information content (AvgIpc) is 2.74. The Morgan fingerprint density at radius 3 is 3.06 bits per heavy atom. The third-order valence-corrected chi connectivity index (χ3v) is 2.97. The Labute approximate surface area is 94.1 Å². The summed E-state index contributed by atoms with van der Waals surface area (Å²) in [5.74, 6) is 0. The van der Waals surface area contributed by atoms with Gasteiger partial charge in [0.25, 0.3) is 0 Å². The van der Waals surface area contributed by atoms with Gasteiger partial charge >= 0.3 is 0 Å². The van der Waals surface area contributed by atoms with E-state index in [9.17, 15) is 0 Å². The van der Waals surface area contributed by atoms with E-state index in [1.807, 2.05) is 35.1 Å². The highest BCUT2D eigenvalue weighted by atomic mass is 15.3. The van der Waals surface area contributed by atoms with Crippen LogP contribution in [0.5, 0.6) is 0 Å². The van der Waals surface area contributed by atoms with Crippen molar-refractivity contribution < 1.29 is 0 Å². The number of nitrogens with zero attached hydrogens (tertiary/aromatic N) is 2. The molecule has 0 atom stereocenters. The topological polar surface area (TPSA) is 55.9 Å². The lowest BCUT2D eigenvalue weighted by atomic mass is 10.1. The summed E-state index contributed by atoms with van der Waals surface area (Å²) in [6.45, 7) is 1.91. The van der Waals surface area contributed by atoms with Crippen molar-refractivity contribution in [1.29, 1.82) is 0 Å². The Balaban J connectivity index is 2.13. The predicted molar refractivity (Wildman–Crippen MR) is 63.4 cm³/mol. The fraction of sp³-hybridized carbons (Fsp3) is 0.250. The number of anilines is 1. The van der Waals surface area contributed by atoms with Crippen LogP contribution in [-0.2, 0) is 13.0 Å². The molecule has 3 rings (SSSR count). The van der Waals surface area contributed by atoms with Crippen molar-refractivity contribution >= 4 is 5.69 Å². The van der Waals surface area contributed by atoms with Gasteiger partial charge in [-0.25, -0.2) is 4.68 Å². The summed E-state index contributed by atoms with van der Waals surface area (Å²) in [4.78, 5) is 0. The molecule has 1 aromatic carbocycles. The first-order chi connectivity index (χ1) is 7.86. The van der Waals surface area contributed by atoms with E-state index in [1.54, 1.807) is 0 Å². The summed E-state index contributed by atoms with van der Waals surface area (Å²) in [6, 6.07) is 7.84. The lowest BCUT2D eigenvalue weighted by Gasteiger charge is -2.15. The zero-order valence-corrected chi connectivity index (χ0v) is 8.98. The molecule has 82 valence electrons. The quantitative estimate of drug-likeness (QED) is 0.699. The molecule has 0 aliphatic carbocycles. The van der Waals surface area contributed by atoms with Crippen LogP contribution < -0.4 is 11.1 Å². The molecule has 0 amide bonds. The molecule has 0 fully saturated rings. The molecule has 0 radical (unpaired) electrons. The van der Waals surface area contributed by atoms with E-state index >= 15 is 0 Å². The van der Waals surface area contributed by atoms with Gasteiger partial charge in [0.05, 0.1) is 23.3 Å². The number of hydrogen-bond acceptors (Lipinski definition) is 3. The molecule has 0 spiro atoms. The maximum absolute atomic E-state index is 5.97. The SMILES string of the molecule is Nc1ccccc1-n1ncc2c1CCNC2. The summed E-state index contributed by atoms with van der Waals surface area (Å²) in [7, 11) is 0. The lowest BCUT2D eigenvalue weighted by molar-refractivity contribution is 0.623. The second-order valence-corrected chi connectivity index (χ2v) is 4.01. The summed E-state index contributed by atoms with van der Waals surface area (Å²) in [5, 5.41) is 7.76. The standard InChI is InChI=1S/C12H14N4/c13-10-3-1-2-4-12(10)16-11-5-6-14-7-9(11)8-15-16/h1-4,8,14H,5-7,13H2. The van der Waals surface area contributed by atoms with Gasteiger partial charge in [-0.1, -0.05) is 12.1 Å². The number of nitrogens with one attached hydrogen (secondary N) is 1. The van der Waals surface area contributed by atoms with Gasteiger partial charge in [-0.05, 0) is 12.1 Å². The number of nitrogen functional groups attached to an aromatic ring is 1. The second kappa shape index (κ2) is 3.64. The largest absolute Gasteiger partial charge is 0.397 e. The molecule has 4 nitrogen and oxygen atoms in total. The van der Waals surface area contributed by atoms with E-state index in [1.165, 1.54) is 11.3 Å². The van der Waals surface area contributed by atoms with E-state index in [-0.39, 0.29) is 0 Å². The molecule has 1 aliphatic rings. The van der Waals surface area contributed by atoms with Gasteiger partial charge in [0.1, 0.15) is 0 Å². The van der Waals surface area contributed by atoms with Crippen LogP contribution in [0.2, 0.25) is 0 Å². The normalized spacial score (nSPS) is 14.8. The second-order valence-electron chi connectivity index (χ2n) is 4.01. The lowest BCUT2D eigenvalue weighted by Crippen LogP contribution is -2.24. The molecule has 0 bridgehead atoms. The highest BCUT2D eigenvalue weighted by Crippen LogP contribution is 2.21. The monoisotopic (exact) mass is 214 g/mol. The van der Waals surface area contributed by atoms with Gasteiger partial charge < -0.3 is 11.1 Å². The van der Waals surface area contributed by atoms with E-state index in [4.69, 9.17) is 5.73 Å². The van der Waals surface area contributed by atoms with Gasteiger partial charge in [0.15, 0.2) is 0 Å². The first-order valence-electron chi connectivity index (χ1n) is 5.47. The minimum absolute atomic E-state index is 0.770. The van der Waals surface area contributed by atoms with Gasteiger partial charge in [-0.15, -0.1) is 0 Å². The Morgan fingerprint density at radius 2 is 2.19 bits per heavy atom. The molecular formula is C12H14N4. The molecule has 16 heavy (non-hydrogen) atoms. The minimum Gasteiger partial charge on any atom is -0.397 e. The maximum Gasteiger partial charge on any atom is 0.0878 e. The molecule has 3 N–H and O–H groups in total. The third kappa shape index (κ3) is 1.39. The van der Waals surface area contributed by atoms with Crippen molar-refractivity contribution in [1.82, 2.24) is 15.1 Å². The summed E-state index contributed by atoms with van der Waals surface area (Å²) in [5.41, 5.74) is 10.3. The van der Waals surface area contributed by atoms with Crippen molar-refractivity contribution in [3.63, 3.8) is 0 Å². The molecule has 1 aliphatic heterocycles. The predicted octanol–water partition coefficient (Wildman–Crippen LogP) is 1.10. The van der Waals surface area contributed by atoms with Crippen LogP contribution in [0.15, 0.2) is 30.5 Å². The fourth-order valence-electron chi connectivity index (χ4n) is 2.14. The van der Waals surface area contributed by atoms with Crippen LogP contribution in [0.4, 0.5) is 5.69 Å². The van der Waals surface area contributed by atoms with Crippen LogP contribution in [-0.4, -0.2) is 16.3 Å². The Bertz CT molecular complexity index is 515. The highest BCUT2D eigenvalue weighted by Gasteiger charge is 2.16. The Kier molecular flexibility index (Phi) is 2.15. The van der Waals surface area contributed by atoms with Crippen LogP contribution in [0.3, 0.4) is 0 Å². The van der Waals surface area contributed by atoms with Crippen molar-refractivity contribution in [2.24, 2.45) is 0 Å². The molecule has 2 aromatic rings. The third-order valence-electron chi connectivity index (χ3n) is 2.97. The highest BCUT2D eigenvalue weighted by molar-refractivity contribution is 5.57. The van der Waals surface area contributed by atoms with Gasteiger partial charge in [0.2, 0.25) is 0 Å². The van der Waals surface area contributed by atoms with Crippen LogP contribution in [0, 0.1) is 0 Å². The van der Waals surface area contributed by atoms with Crippen molar-refractivity contribution in [2.75, 3.05) is 12.3 Å². The van der Waals surface area contributed by atoms with Crippen molar-refractivity contribution in [3.05, 3.63) is 41.7 Å². The zero-order chi connectivity index (χ0) is 11.0. The first-order valence-corrected chi connectivity index (χ1v) is 5.47. The number of nitrogens with two attached hydrogens (primary N) is 1. The molecule has 0 saturated heterocycles. The zero-order valence-electron chi connectivity index (χ0n) is 8.98. The first kappa shape index (κ1) is 9.42. The minimum atomic E-state index is 0.770. The van der Waals surface area contributed by atoms with Gasteiger partial charge in [0, 0.05) is 25.1 Å². The Morgan fingerprint density at radius 1 is 1.31 bits per heavy atom. The molecule has 0 unspecified atom stereocenters. The van der Waals surface area contributed by atoms with Crippen LogP contribution in [0.25, 0.3) is 5.69 Å².